The molecule has 3 rings (SSSR count). The lowest BCUT2D eigenvalue weighted by Crippen LogP contribution is -2.42. The van der Waals surface area contributed by atoms with Gasteiger partial charge >= 0.3 is 0 Å². The zero-order valence-electron chi connectivity index (χ0n) is 16.2. The number of rotatable bonds is 7. The first-order valence-corrected chi connectivity index (χ1v) is 10.1. The van der Waals surface area contributed by atoms with Gasteiger partial charge in [-0.05, 0) is 32.6 Å². The van der Waals surface area contributed by atoms with Crippen molar-refractivity contribution in [3.63, 3.8) is 0 Å². The normalized spacial score (nSPS) is 20.4. The largest absolute Gasteiger partial charge is 0.376 e. The van der Waals surface area contributed by atoms with E-state index in [-0.39, 0.29) is 24.0 Å². The van der Waals surface area contributed by atoms with Crippen molar-refractivity contribution in [1.29, 1.82) is 0 Å². The summed E-state index contributed by atoms with van der Waals surface area (Å²) in [5.74, 6) is -0.175. The lowest BCUT2D eigenvalue weighted by Gasteiger charge is -2.26. The van der Waals surface area contributed by atoms with E-state index in [4.69, 9.17) is 4.74 Å². The summed E-state index contributed by atoms with van der Waals surface area (Å²) in [6.45, 7) is 3.43. The summed E-state index contributed by atoms with van der Waals surface area (Å²) in [6, 6.07) is 0.288. The summed E-state index contributed by atoms with van der Waals surface area (Å²) in [4.78, 5) is 35.3. The van der Waals surface area contributed by atoms with Gasteiger partial charge in [-0.3, -0.25) is 14.6 Å². The number of hydrogen-bond donors (Lipinski definition) is 1. The van der Waals surface area contributed by atoms with Crippen LogP contribution in [-0.2, 0) is 9.53 Å². The standard InChI is InChI=1S/C20H30N4O3/c1-15-12-22-18(13-21-15)20(26)24(14-17-8-5-11-27-17)10-9-19(25)23-16-6-3-2-4-7-16/h12-13,16-17H,2-11,14H2,1H3,(H,23,25)/t17-/m0/s1. The number of nitrogens with zero attached hydrogens (tertiary/aromatic N) is 3. The molecule has 0 bridgehead atoms. The maximum atomic E-state index is 12.9. The Morgan fingerprint density at radius 1 is 1.15 bits per heavy atom. The summed E-state index contributed by atoms with van der Waals surface area (Å²) in [5, 5.41) is 3.12. The van der Waals surface area contributed by atoms with Gasteiger partial charge in [-0.15, -0.1) is 0 Å². The van der Waals surface area contributed by atoms with E-state index in [0.29, 0.717) is 25.2 Å². The molecule has 1 aliphatic carbocycles. The van der Waals surface area contributed by atoms with Gasteiger partial charge in [0.25, 0.3) is 5.91 Å². The Kier molecular flexibility index (Phi) is 7.15. The maximum absolute atomic E-state index is 12.9. The van der Waals surface area contributed by atoms with Gasteiger partial charge in [-0.25, -0.2) is 4.98 Å². The van der Waals surface area contributed by atoms with Gasteiger partial charge in [0, 0.05) is 38.4 Å². The van der Waals surface area contributed by atoms with Crippen molar-refractivity contribution in [2.45, 2.75) is 70.4 Å². The Morgan fingerprint density at radius 3 is 2.63 bits per heavy atom. The number of aromatic nitrogens is 2. The van der Waals surface area contributed by atoms with E-state index in [1.54, 1.807) is 11.1 Å². The van der Waals surface area contributed by atoms with Crippen molar-refractivity contribution in [3.8, 4) is 0 Å². The predicted molar refractivity (Wildman–Crippen MR) is 101 cm³/mol. The first-order chi connectivity index (χ1) is 13.1. The van der Waals surface area contributed by atoms with Gasteiger partial charge in [0.1, 0.15) is 5.69 Å². The van der Waals surface area contributed by atoms with E-state index in [0.717, 1.165) is 38.0 Å². The van der Waals surface area contributed by atoms with Crippen LogP contribution < -0.4 is 5.32 Å². The molecule has 0 spiro atoms. The second-order valence-corrected chi connectivity index (χ2v) is 7.58. The average molecular weight is 374 g/mol. The lowest BCUT2D eigenvalue weighted by molar-refractivity contribution is -0.122. The van der Waals surface area contributed by atoms with Crippen LogP contribution in [-0.4, -0.2) is 58.5 Å². The molecular weight excluding hydrogens is 344 g/mol. The Bertz CT molecular complexity index is 623. The molecule has 1 aromatic rings. The van der Waals surface area contributed by atoms with Crippen molar-refractivity contribution in [2.75, 3.05) is 19.7 Å². The van der Waals surface area contributed by atoms with E-state index < -0.39 is 0 Å². The van der Waals surface area contributed by atoms with Crippen LogP contribution in [0.1, 0.15) is 67.5 Å². The van der Waals surface area contributed by atoms with Crippen LogP contribution in [0, 0.1) is 6.92 Å². The van der Waals surface area contributed by atoms with Crippen molar-refractivity contribution >= 4 is 11.8 Å². The van der Waals surface area contributed by atoms with E-state index in [1.165, 1.54) is 25.5 Å². The summed E-state index contributed by atoms with van der Waals surface area (Å²) >= 11 is 0. The Morgan fingerprint density at radius 2 is 1.96 bits per heavy atom. The molecule has 7 nitrogen and oxygen atoms in total. The molecule has 1 atom stereocenters. The van der Waals surface area contributed by atoms with Crippen LogP contribution in [0.3, 0.4) is 0 Å². The second-order valence-electron chi connectivity index (χ2n) is 7.58. The minimum absolute atomic E-state index is 0.0158. The maximum Gasteiger partial charge on any atom is 0.274 e. The van der Waals surface area contributed by atoms with Gasteiger partial charge in [0.05, 0.1) is 18.0 Å². The molecule has 2 amide bonds. The third-order valence-electron chi connectivity index (χ3n) is 5.31. The fourth-order valence-corrected chi connectivity index (χ4v) is 3.76. The van der Waals surface area contributed by atoms with Crippen molar-refractivity contribution in [2.24, 2.45) is 0 Å². The molecule has 148 valence electrons. The van der Waals surface area contributed by atoms with E-state index in [2.05, 4.69) is 15.3 Å². The molecule has 1 aliphatic heterocycles. The first-order valence-electron chi connectivity index (χ1n) is 10.1. The molecule has 2 heterocycles. The smallest absolute Gasteiger partial charge is 0.274 e. The zero-order chi connectivity index (χ0) is 19.1. The van der Waals surface area contributed by atoms with Gasteiger partial charge in [0.15, 0.2) is 0 Å². The third kappa shape index (κ3) is 5.99. The summed E-state index contributed by atoms with van der Waals surface area (Å²) in [5.41, 5.74) is 1.08. The number of nitrogens with one attached hydrogen (secondary N) is 1. The fourth-order valence-electron chi connectivity index (χ4n) is 3.76. The topological polar surface area (TPSA) is 84.4 Å². The molecule has 2 aliphatic rings. The van der Waals surface area contributed by atoms with Gasteiger partial charge in [-0.2, -0.15) is 0 Å². The molecule has 2 fully saturated rings. The van der Waals surface area contributed by atoms with Crippen molar-refractivity contribution in [3.05, 3.63) is 23.8 Å². The molecule has 0 aromatic carbocycles. The molecule has 0 radical (unpaired) electrons. The highest BCUT2D eigenvalue weighted by molar-refractivity contribution is 5.92. The highest BCUT2D eigenvalue weighted by Gasteiger charge is 2.25. The van der Waals surface area contributed by atoms with Crippen LogP contribution >= 0.6 is 0 Å². The fraction of sp³-hybridized carbons (Fsp3) is 0.700. The highest BCUT2D eigenvalue weighted by atomic mass is 16.5. The van der Waals surface area contributed by atoms with Crippen molar-refractivity contribution in [1.82, 2.24) is 20.2 Å². The SMILES string of the molecule is Cc1cnc(C(=O)N(CCC(=O)NC2CCCCC2)C[C@@H]2CCCO2)cn1. The van der Waals surface area contributed by atoms with Crippen LogP contribution in [0.5, 0.6) is 0 Å². The Balaban J connectivity index is 1.57. The lowest BCUT2D eigenvalue weighted by atomic mass is 9.95. The minimum atomic E-state index is -0.191. The number of aryl methyl sites for hydroxylation is 1. The van der Waals surface area contributed by atoms with Crippen LogP contribution in [0.4, 0.5) is 0 Å². The van der Waals surface area contributed by atoms with E-state index in [9.17, 15) is 9.59 Å². The highest BCUT2D eigenvalue weighted by Crippen LogP contribution is 2.18. The quantitative estimate of drug-likeness (QED) is 0.791. The molecule has 0 unspecified atom stereocenters. The molecule has 7 heteroatoms. The van der Waals surface area contributed by atoms with Gasteiger partial charge in [-0.1, -0.05) is 19.3 Å². The average Bonchev–Trinajstić information content (AvgIpc) is 3.19. The van der Waals surface area contributed by atoms with Crippen LogP contribution in [0.2, 0.25) is 0 Å². The van der Waals surface area contributed by atoms with Crippen LogP contribution in [0.25, 0.3) is 0 Å². The van der Waals surface area contributed by atoms with Gasteiger partial charge in [0.2, 0.25) is 5.91 Å². The van der Waals surface area contributed by atoms with Crippen LogP contribution in [0.15, 0.2) is 12.4 Å². The number of amides is 2. The summed E-state index contributed by atoms with van der Waals surface area (Å²) < 4.78 is 5.69. The first kappa shape index (κ1) is 19.7. The Hall–Kier alpha value is -2.02. The summed E-state index contributed by atoms with van der Waals surface area (Å²) in [6.07, 6.45) is 11.1. The predicted octanol–water partition coefficient (Wildman–Crippen LogP) is 2.25. The molecular formula is C20H30N4O3. The van der Waals surface area contributed by atoms with E-state index in [1.807, 2.05) is 6.92 Å². The minimum Gasteiger partial charge on any atom is -0.376 e. The third-order valence-corrected chi connectivity index (χ3v) is 5.31. The Labute approximate surface area is 160 Å². The molecule has 27 heavy (non-hydrogen) atoms. The summed E-state index contributed by atoms with van der Waals surface area (Å²) in [7, 11) is 0. The van der Waals surface area contributed by atoms with E-state index >= 15 is 0 Å². The second kappa shape index (κ2) is 9.78. The number of ether oxygens (including phenoxy) is 1. The number of hydrogen-bond acceptors (Lipinski definition) is 5. The molecule has 1 N–H and O–H groups in total. The molecule has 1 saturated carbocycles. The van der Waals surface area contributed by atoms with Crippen molar-refractivity contribution < 1.29 is 14.3 Å². The molecule has 1 aromatic heterocycles. The number of carbonyl (C=O) groups is 2. The van der Waals surface area contributed by atoms with Gasteiger partial charge < -0.3 is 15.0 Å². The number of carbonyl (C=O) groups excluding carboxylic acids is 2. The monoisotopic (exact) mass is 374 g/mol. The molecule has 1 saturated heterocycles. The zero-order valence-corrected chi connectivity index (χ0v) is 16.2.